The zero-order valence-corrected chi connectivity index (χ0v) is 16.8. The minimum absolute atomic E-state index is 0.119. The van der Waals surface area contributed by atoms with Crippen LogP contribution in [0.1, 0.15) is 52.5 Å². The predicted molar refractivity (Wildman–Crippen MR) is 101 cm³/mol. The summed E-state index contributed by atoms with van der Waals surface area (Å²) in [6, 6.07) is 10.0. The molecule has 134 valence electrons. The van der Waals surface area contributed by atoms with Crippen LogP contribution in [0.15, 0.2) is 30.3 Å². The lowest BCUT2D eigenvalue weighted by Gasteiger charge is -2.25. The first-order valence-electron chi connectivity index (χ1n) is 8.61. The Morgan fingerprint density at radius 3 is 2.29 bits per heavy atom. The van der Waals surface area contributed by atoms with E-state index in [1.807, 2.05) is 58.0 Å². The molecule has 0 saturated heterocycles. The molecule has 0 aliphatic heterocycles. The molecule has 0 fully saturated rings. The second kappa shape index (κ2) is 9.97. The highest BCUT2D eigenvalue weighted by Crippen LogP contribution is 2.22. The van der Waals surface area contributed by atoms with Crippen molar-refractivity contribution in [2.45, 2.75) is 59.5 Å². The molecule has 0 saturated carbocycles. The number of esters is 1. The van der Waals surface area contributed by atoms with E-state index in [9.17, 15) is 9.59 Å². The van der Waals surface area contributed by atoms with Crippen molar-refractivity contribution in [3.8, 4) is 0 Å². The first kappa shape index (κ1) is 20.9. The van der Waals surface area contributed by atoms with Crippen molar-refractivity contribution in [2.75, 3.05) is 5.33 Å². The van der Waals surface area contributed by atoms with E-state index in [0.29, 0.717) is 18.2 Å². The summed E-state index contributed by atoms with van der Waals surface area (Å²) in [4.78, 5) is 24.6. The molecule has 0 bridgehead atoms. The zero-order valence-electron chi connectivity index (χ0n) is 15.2. The number of carbonyl (C=O) groups is 2. The van der Waals surface area contributed by atoms with Crippen molar-refractivity contribution in [3.63, 3.8) is 0 Å². The zero-order chi connectivity index (χ0) is 18.2. The Kier molecular flexibility index (Phi) is 8.68. The summed E-state index contributed by atoms with van der Waals surface area (Å²) in [5.74, 6) is -0.105. The topological polar surface area (TPSA) is 43.4 Å². The number of ketones is 1. The van der Waals surface area contributed by atoms with Crippen molar-refractivity contribution in [2.24, 2.45) is 11.3 Å². The summed E-state index contributed by atoms with van der Waals surface area (Å²) in [5, 5.41) is 0.601. The molecule has 0 spiro atoms. The van der Waals surface area contributed by atoms with Crippen LogP contribution in [0.5, 0.6) is 0 Å². The van der Waals surface area contributed by atoms with E-state index in [1.54, 1.807) is 0 Å². The van der Waals surface area contributed by atoms with Gasteiger partial charge in [0.2, 0.25) is 0 Å². The molecule has 1 aromatic rings. The smallest absolute Gasteiger partial charge is 0.311 e. The van der Waals surface area contributed by atoms with Gasteiger partial charge in [-0.3, -0.25) is 9.59 Å². The molecular weight excluding hydrogens is 368 g/mol. The second-order valence-corrected chi connectivity index (χ2v) is 7.87. The average molecular weight is 397 g/mol. The van der Waals surface area contributed by atoms with Crippen LogP contribution in [0, 0.1) is 11.3 Å². The maximum atomic E-state index is 12.5. The summed E-state index contributed by atoms with van der Waals surface area (Å²) in [7, 11) is 0. The van der Waals surface area contributed by atoms with Crippen LogP contribution in [0.25, 0.3) is 0 Å². The highest BCUT2D eigenvalue weighted by atomic mass is 79.9. The molecule has 0 amide bonds. The molecule has 0 unspecified atom stereocenters. The maximum absolute atomic E-state index is 12.5. The number of alkyl halides is 1. The van der Waals surface area contributed by atoms with Gasteiger partial charge in [-0.2, -0.15) is 0 Å². The molecule has 1 aromatic carbocycles. The first-order valence-corrected chi connectivity index (χ1v) is 9.73. The van der Waals surface area contributed by atoms with E-state index < -0.39 is 5.41 Å². The van der Waals surface area contributed by atoms with E-state index in [-0.39, 0.29) is 23.8 Å². The van der Waals surface area contributed by atoms with Crippen LogP contribution in [0.2, 0.25) is 0 Å². The van der Waals surface area contributed by atoms with Gasteiger partial charge >= 0.3 is 5.97 Å². The molecule has 0 radical (unpaired) electrons. The van der Waals surface area contributed by atoms with Gasteiger partial charge in [0, 0.05) is 17.7 Å². The fourth-order valence-corrected chi connectivity index (χ4v) is 2.97. The minimum atomic E-state index is -0.519. The van der Waals surface area contributed by atoms with Crippen LogP contribution in [0.3, 0.4) is 0 Å². The molecule has 2 atom stereocenters. The van der Waals surface area contributed by atoms with Crippen LogP contribution in [0.4, 0.5) is 0 Å². The molecule has 4 heteroatoms. The third kappa shape index (κ3) is 7.16. The average Bonchev–Trinajstić information content (AvgIpc) is 2.56. The van der Waals surface area contributed by atoms with Gasteiger partial charge in [0.1, 0.15) is 11.9 Å². The van der Waals surface area contributed by atoms with Gasteiger partial charge in [0.25, 0.3) is 0 Å². The lowest BCUT2D eigenvalue weighted by molar-refractivity contribution is -0.160. The third-order valence-corrected chi connectivity index (χ3v) is 4.81. The summed E-state index contributed by atoms with van der Waals surface area (Å²) >= 11 is 3.44. The Balaban J connectivity index is 2.57. The number of benzene rings is 1. The van der Waals surface area contributed by atoms with Crippen molar-refractivity contribution in [1.82, 2.24) is 0 Å². The lowest BCUT2D eigenvalue weighted by atomic mass is 9.93. The van der Waals surface area contributed by atoms with E-state index in [0.717, 1.165) is 12.8 Å². The van der Waals surface area contributed by atoms with Gasteiger partial charge < -0.3 is 4.74 Å². The molecular formula is C20H29BrO3. The first-order chi connectivity index (χ1) is 11.3. The Labute approximate surface area is 154 Å². The fraction of sp³-hybridized carbons (Fsp3) is 0.600. The van der Waals surface area contributed by atoms with Crippen molar-refractivity contribution < 1.29 is 14.3 Å². The van der Waals surface area contributed by atoms with E-state index in [2.05, 4.69) is 15.9 Å². The molecule has 0 heterocycles. The van der Waals surface area contributed by atoms with Gasteiger partial charge in [-0.05, 0) is 45.6 Å². The van der Waals surface area contributed by atoms with Crippen molar-refractivity contribution in [1.29, 1.82) is 0 Å². The maximum Gasteiger partial charge on any atom is 0.311 e. The van der Waals surface area contributed by atoms with Gasteiger partial charge in [0.05, 0.1) is 5.41 Å². The molecule has 1 rings (SSSR count). The van der Waals surface area contributed by atoms with Gasteiger partial charge in [-0.15, -0.1) is 0 Å². The lowest BCUT2D eigenvalue weighted by Crippen LogP contribution is -2.31. The quantitative estimate of drug-likeness (QED) is 0.437. The van der Waals surface area contributed by atoms with Crippen molar-refractivity contribution in [3.05, 3.63) is 35.9 Å². The Morgan fingerprint density at radius 1 is 1.17 bits per heavy atom. The highest BCUT2D eigenvalue weighted by Gasteiger charge is 2.28. The van der Waals surface area contributed by atoms with Crippen LogP contribution in [-0.4, -0.2) is 23.2 Å². The molecule has 0 aliphatic rings. The highest BCUT2D eigenvalue weighted by molar-refractivity contribution is 9.09. The van der Waals surface area contributed by atoms with E-state index >= 15 is 0 Å². The van der Waals surface area contributed by atoms with Gasteiger partial charge in [-0.25, -0.2) is 0 Å². The number of Topliss-reactive ketones (excluding diaryl/α,β-unsaturated/α-hetero) is 1. The summed E-state index contributed by atoms with van der Waals surface area (Å²) < 4.78 is 5.60. The summed E-state index contributed by atoms with van der Waals surface area (Å²) in [6.07, 6.45) is 2.36. The molecule has 0 aliphatic carbocycles. The monoisotopic (exact) mass is 396 g/mol. The Hall–Kier alpha value is -1.16. The second-order valence-electron chi connectivity index (χ2n) is 7.22. The number of hydrogen-bond donors (Lipinski definition) is 0. The normalized spacial score (nSPS) is 14.0. The molecule has 0 aromatic heterocycles. The third-order valence-electron chi connectivity index (χ3n) is 4.03. The molecule has 3 nitrogen and oxygen atoms in total. The largest absolute Gasteiger partial charge is 0.462 e. The van der Waals surface area contributed by atoms with Crippen LogP contribution in [-0.2, 0) is 20.7 Å². The fourth-order valence-electron chi connectivity index (χ4n) is 2.34. The number of halogens is 1. The Morgan fingerprint density at radius 2 is 1.79 bits per heavy atom. The summed E-state index contributed by atoms with van der Waals surface area (Å²) in [5.41, 5.74) is 0.652. The van der Waals surface area contributed by atoms with Gasteiger partial charge in [-0.1, -0.05) is 53.2 Å². The standard InChI is InChI=1S/C20H29BrO3/c1-5-17(24-19(23)20(2,3)4)13-16(14-21)18(22)12-11-15-9-7-6-8-10-15/h6-10,16-17H,5,11-14H2,1-4H3/t16-,17+/m0/s1. The van der Waals surface area contributed by atoms with Crippen LogP contribution >= 0.6 is 15.9 Å². The predicted octanol–water partition coefficient (Wildman–Crippen LogP) is 4.96. The van der Waals surface area contributed by atoms with Crippen LogP contribution < -0.4 is 0 Å². The number of carbonyl (C=O) groups excluding carboxylic acids is 2. The molecule has 24 heavy (non-hydrogen) atoms. The van der Waals surface area contributed by atoms with E-state index in [1.165, 1.54) is 5.56 Å². The minimum Gasteiger partial charge on any atom is -0.462 e. The Bertz CT molecular complexity index is 519. The summed E-state index contributed by atoms with van der Waals surface area (Å²) in [6.45, 7) is 7.51. The number of hydrogen-bond acceptors (Lipinski definition) is 3. The number of rotatable bonds is 9. The van der Waals surface area contributed by atoms with Crippen molar-refractivity contribution >= 4 is 27.7 Å². The van der Waals surface area contributed by atoms with E-state index in [4.69, 9.17) is 4.74 Å². The SMILES string of the molecule is CC[C@H](C[C@@H](CBr)C(=O)CCc1ccccc1)OC(=O)C(C)(C)C. The number of ether oxygens (including phenoxy) is 1. The molecule has 0 N–H and O–H groups in total. The van der Waals surface area contributed by atoms with Gasteiger partial charge in [0.15, 0.2) is 0 Å². The number of aryl methyl sites for hydroxylation is 1.